The third-order valence-electron chi connectivity index (χ3n) is 3.43. The molecular weight excluding hydrogens is 259 g/mol. The minimum Gasteiger partial charge on any atom is -0.481 e. The van der Waals surface area contributed by atoms with Gasteiger partial charge in [-0.25, -0.2) is 13.2 Å². The second-order valence-electron chi connectivity index (χ2n) is 4.72. The van der Waals surface area contributed by atoms with Crippen LogP contribution in [-0.2, 0) is 4.79 Å². The summed E-state index contributed by atoms with van der Waals surface area (Å²) in [6.07, 6.45) is 1.30. The summed E-state index contributed by atoms with van der Waals surface area (Å²) in [5.41, 5.74) is 0.0349. The molecule has 1 saturated heterocycles. The van der Waals surface area contributed by atoms with Gasteiger partial charge in [-0.05, 0) is 30.9 Å². The molecule has 1 aromatic rings. The van der Waals surface area contributed by atoms with Gasteiger partial charge in [-0.2, -0.15) is 0 Å². The van der Waals surface area contributed by atoms with E-state index in [-0.39, 0.29) is 18.0 Å². The predicted molar refractivity (Wildman–Crippen MR) is 63.5 cm³/mol. The average molecular weight is 273 g/mol. The Hall–Kier alpha value is -1.72. The summed E-state index contributed by atoms with van der Waals surface area (Å²) in [7, 11) is 0. The van der Waals surface area contributed by atoms with Gasteiger partial charge in [0.25, 0.3) is 0 Å². The van der Waals surface area contributed by atoms with Gasteiger partial charge in [0, 0.05) is 19.5 Å². The lowest BCUT2D eigenvalue weighted by atomic mass is 9.93. The van der Waals surface area contributed by atoms with E-state index in [0.29, 0.717) is 25.9 Å². The summed E-state index contributed by atoms with van der Waals surface area (Å²) in [6, 6.07) is 2.11. The lowest BCUT2D eigenvalue weighted by molar-refractivity contribution is -0.138. The molecule has 6 heteroatoms. The number of carboxylic acids is 1. The Balaban J connectivity index is 2.06. The minimum atomic E-state index is -1.47. The van der Waals surface area contributed by atoms with Crippen molar-refractivity contribution < 1.29 is 23.1 Å². The topological polar surface area (TPSA) is 40.5 Å². The van der Waals surface area contributed by atoms with E-state index in [1.165, 1.54) is 6.07 Å². The molecule has 1 fully saturated rings. The molecule has 0 amide bonds. The van der Waals surface area contributed by atoms with E-state index in [9.17, 15) is 18.0 Å². The van der Waals surface area contributed by atoms with E-state index in [1.54, 1.807) is 4.90 Å². The number of hydrogen-bond acceptors (Lipinski definition) is 2. The van der Waals surface area contributed by atoms with Gasteiger partial charge in [0.2, 0.25) is 0 Å². The van der Waals surface area contributed by atoms with Crippen molar-refractivity contribution in [3.63, 3.8) is 0 Å². The molecule has 3 nitrogen and oxygen atoms in total. The quantitative estimate of drug-likeness (QED) is 0.861. The zero-order valence-corrected chi connectivity index (χ0v) is 10.2. The number of piperidine rings is 1. The Labute approximate surface area is 108 Å². The SMILES string of the molecule is O=C(O)CC1CCN(c2ccc(F)c(F)c2F)CC1. The molecule has 19 heavy (non-hydrogen) atoms. The first-order valence-corrected chi connectivity index (χ1v) is 6.09. The standard InChI is InChI=1S/C13H14F3NO2/c14-9-1-2-10(13(16)12(9)15)17-5-3-8(4-6-17)7-11(18)19/h1-2,8H,3-7H2,(H,18,19). The van der Waals surface area contributed by atoms with E-state index in [0.717, 1.165) is 6.07 Å². The summed E-state index contributed by atoms with van der Waals surface area (Å²) in [6.45, 7) is 0.889. The molecule has 0 unspecified atom stereocenters. The number of rotatable bonds is 3. The number of benzene rings is 1. The largest absolute Gasteiger partial charge is 0.481 e. The molecule has 0 radical (unpaired) electrons. The number of carbonyl (C=O) groups is 1. The molecule has 1 aromatic carbocycles. The van der Waals surface area contributed by atoms with Gasteiger partial charge in [0.15, 0.2) is 17.5 Å². The lowest BCUT2D eigenvalue weighted by Crippen LogP contribution is -2.35. The van der Waals surface area contributed by atoms with Crippen molar-refractivity contribution in [2.45, 2.75) is 19.3 Å². The average Bonchev–Trinajstić information content (AvgIpc) is 2.37. The van der Waals surface area contributed by atoms with Crippen molar-refractivity contribution in [1.82, 2.24) is 0 Å². The van der Waals surface area contributed by atoms with E-state index in [1.807, 2.05) is 0 Å². The van der Waals surface area contributed by atoms with Gasteiger partial charge < -0.3 is 10.0 Å². The van der Waals surface area contributed by atoms with Gasteiger partial charge in [0.05, 0.1) is 5.69 Å². The van der Waals surface area contributed by atoms with Crippen LogP contribution in [0.4, 0.5) is 18.9 Å². The molecule has 0 aliphatic carbocycles. The molecule has 1 heterocycles. The molecule has 0 spiro atoms. The summed E-state index contributed by atoms with van der Waals surface area (Å²) < 4.78 is 39.6. The highest BCUT2D eigenvalue weighted by atomic mass is 19.2. The number of hydrogen-bond donors (Lipinski definition) is 1. The second kappa shape index (κ2) is 5.50. The first kappa shape index (κ1) is 13.7. The molecular formula is C13H14F3NO2. The van der Waals surface area contributed by atoms with Crippen LogP contribution in [0.5, 0.6) is 0 Å². The summed E-state index contributed by atoms with van der Waals surface area (Å²) >= 11 is 0. The molecule has 0 atom stereocenters. The number of nitrogens with zero attached hydrogens (tertiary/aromatic N) is 1. The molecule has 1 N–H and O–H groups in total. The van der Waals surface area contributed by atoms with Crippen LogP contribution in [0.25, 0.3) is 0 Å². The third kappa shape index (κ3) is 3.00. The lowest BCUT2D eigenvalue weighted by Gasteiger charge is -2.33. The van der Waals surface area contributed by atoms with E-state index in [4.69, 9.17) is 5.11 Å². The van der Waals surface area contributed by atoms with Crippen molar-refractivity contribution in [3.8, 4) is 0 Å². The molecule has 0 bridgehead atoms. The highest BCUT2D eigenvalue weighted by Gasteiger charge is 2.24. The van der Waals surface area contributed by atoms with Crippen LogP contribution in [0.3, 0.4) is 0 Å². The van der Waals surface area contributed by atoms with Crippen LogP contribution in [0, 0.1) is 23.4 Å². The molecule has 0 saturated carbocycles. The van der Waals surface area contributed by atoms with Crippen LogP contribution in [0.1, 0.15) is 19.3 Å². The summed E-state index contributed by atoms with van der Waals surface area (Å²) in [5, 5.41) is 8.69. The fraction of sp³-hybridized carbons (Fsp3) is 0.462. The minimum absolute atomic E-state index is 0.0349. The maximum Gasteiger partial charge on any atom is 0.303 e. The number of anilines is 1. The molecule has 1 aliphatic heterocycles. The fourth-order valence-electron chi connectivity index (χ4n) is 2.38. The highest BCUT2D eigenvalue weighted by Crippen LogP contribution is 2.28. The molecule has 104 valence electrons. The maximum atomic E-state index is 13.6. The van der Waals surface area contributed by atoms with Crippen LogP contribution >= 0.6 is 0 Å². The summed E-state index contributed by atoms with van der Waals surface area (Å²) in [5.74, 6) is -4.65. The molecule has 1 aliphatic rings. The van der Waals surface area contributed by atoms with Gasteiger partial charge >= 0.3 is 5.97 Å². The van der Waals surface area contributed by atoms with Crippen molar-refractivity contribution in [2.24, 2.45) is 5.92 Å². The Morgan fingerprint density at radius 2 is 1.84 bits per heavy atom. The summed E-state index contributed by atoms with van der Waals surface area (Å²) in [4.78, 5) is 12.2. The van der Waals surface area contributed by atoms with Crippen LogP contribution in [0.2, 0.25) is 0 Å². The number of halogens is 3. The van der Waals surface area contributed by atoms with Gasteiger partial charge in [-0.3, -0.25) is 4.79 Å². The Morgan fingerprint density at radius 1 is 1.21 bits per heavy atom. The Bertz CT molecular complexity index is 485. The maximum absolute atomic E-state index is 13.6. The zero-order chi connectivity index (χ0) is 14.0. The van der Waals surface area contributed by atoms with Crippen LogP contribution < -0.4 is 4.90 Å². The van der Waals surface area contributed by atoms with Crippen LogP contribution in [-0.4, -0.2) is 24.2 Å². The highest BCUT2D eigenvalue weighted by molar-refractivity contribution is 5.67. The van der Waals surface area contributed by atoms with E-state index < -0.39 is 23.4 Å². The third-order valence-corrected chi connectivity index (χ3v) is 3.43. The Kier molecular flexibility index (Phi) is 3.97. The predicted octanol–water partition coefficient (Wildman–Crippen LogP) is 2.80. The van der Waals surface area contributed by atoms with Gasteiger partial charge in [-0.15, -0.1) is 0 Å². The van der Waals surface area contributed by atoms with E-state index >= 15 is 0 Å². The zero-order valence-electron chi connectivity index (χ0n) is 10.2. The molecule has 2 rings (SSSR count). The first-order valence-electron chi connectivity index (χ1n) is 6.09. The molecule has 0 aromatic heterocycles. The van der Waals surface area contributed by atoms with Crippen molar-refractivity contribution in [1.29, 1.82) is 0 Å². The van der Waals surface area contributed by atoms with Crippen molar-refractivity contribution in [3.05, 3.63) is 29.6 Å². The smallest absolute Gasteiger partial charge is 0.303 e. The Morgan fingerprint density at radius 3 is 2.42 bits per heavy atom. The van der Waals surface area contributed by atoms with Gasteiger partial charge in [-0.1, -0.05) is 0 Å². The van der Waals surface area contributed by atoms with Crippen molar-refractivity contribution >= 4 is 11.7 Å². The monoisotopic (exact) mass is 273 g/mol. The van der Waals surface area contributed by atoms with Gasteiger partial charge in [0.1, 0.15) is 0 Å². The normalized spacial score (nSPS) is 16.7. The fourth-order valence-corrected chi connectivity index (χ4v) is 2.38. The number of carboxylic acid groups (broad SMARTS) is 1. The second-order valence-corrected chi connectivity index (χ2v) is 4.72. The number of aliphatic carboxylic acids is 1. The van der Waals surface area contributed by atoms with Crippen molar-refractivity contribution in [2.75, 3.05) is 18.0 Å². The first-order chi connectivity index (χ1) is 8.99. The van der Waals surface area contributed by atoms with E-state index in [2.05, 4.69) is 0 Å². The van der Waals surface area contributed by atoms with Crippen LogP contribution in [0.15, 0.2) is 12.1 Å².